The van der Waals surface area contributed by atoms with Crippen molar-refractivity contribution in [2.75, 3.05) is 26.2 Å². The number of carbonyl (C=O) groups is 1. The Labute approximate surface area is 122 Å². The third-order valence-electron chi connectivity index (χ3n) is 4.16. The Hall–Kier alpha value is -1.66. The fourth-order valence-electron chi connectivity index (χ4n) is 3.00. The molecule has 6 heteroatoms. The van der Waals surface area contributed by atoms with Crippen LogP contribution in [0, 0.1) is 5.82 Å². The van der Waals surface area contributed by atoms with E-state index < -0.39 is 11.7 Å². The number of morpholine rings is 1. The molecule has 2 unspecified atom stereocenters. The molecule has 0 aliphatic carbocycles. The van der Waals surface area contributed by atoms with Crippen LogP contribution < -0.4 is 5.32 Å². The van der Waals surface area contributed by atoms with Gasteiger partial charge >= 0.3 is 0 Å². The minimum absolute atomic E-state index is 0.0511. The molecule has 1 aromatic rings. The molecule has 21 heavy (non-hydrogen) atoms. The molecule has 2 heterocycles. The Morgan fingerprint density at radius 1 is 1.52 bits per heavy atom. The van der Waals surface area contributed by atoms with Gasteiger partial charge in [-0.25, -0.2) is 4.39 Å². The van der Waals surface area contributed by atoms with Crippen molar-refractivity contribution < 1.29 is 19.0 Å². The Balaban J connectivity index is 1.55. The minimum Gasteiger partial charge on any atom is -0.507 e. The van der Waals surface area contributed by atoms with Crippen molar-refractivity contribution in [3.05, 3.63) is 29.6 Å². The first-order chi connectivity index (χ1) is 10.1. The molecule has 0 radical (unpaired) electrons. The molecule has 2 atom stereocenters. The second-order valence-electron chi connectivity index (χ2n) is 5.62. The number of nitrogens with zero attached hydrogens (tertiary/aromatic N) is 1. The van der Waals surface area contributed by atoms with E-state index in [4.69, 9.17) is 4.74 Å². The molecule has 2 N–H and O–H groups in total. The first kappa shape index (κ1) is 14.3. The maximum absolute atomic E-state index is 13.1. The number of hydrogen-bond donors (Lipinski definition) is 2. The average Bonchev–Trinajstić information content (AvgIpc) is 2.94. The van der Waals surface area contributed by atoms with Crippen molar-refractivity contribution >= 4 is 5.91 Å². The van der Waals surface area contributed by atoms with E-state index in [1.165, 1.54) is 18.9 Å². The number of rotatable bonds is 3. The molecule has 2 aliphatic heterocycles. The number of ether oxygens (including phenoxy) is 1. The molecule has 2 aliphatic rings. The zero-order valence-corrected chi connectivity index (χ0v) is 11.7. The van der Waals surface area contributed by atoms with E-state index >= 15 is 0 Å². The molecule has 0 bridgehead atoms. The molecular weight excluding hydrogens is 275 g/mol. The number of amides is 1. The van der Waals surface area contributed by atoms with Gasteiger partial charge < -0.3 is 15.2 Å². The molecule has 1 amide bonds. The molecule has 3 rings (SSSR count). The molecule has 114 valence electrons. The van der Waals surface area contributed by atoms with Crippen molar-refractivity contribution in [3.63, 3.8) is 0 Å². The Bertz CT molecular complexity index is 538. The summed E-state index contributed by atoms with van der Waals surface area (Å²) < 4.78 is 18.9. The van der Waals surface area contributed by atoms with Gasteiger partial charge in [-0.3, -0.25) is 9.69 Å². The summed E-state index contributed by atoms with van der Waals surface area (Å²) in [6, 6.07) is 3.84. The third kappa shape index (κ3) is 3.16. The fourth-order valence-corrected chi connectivity index (χ4v) is 3.00. The molecule has 2 fully saturated rings. The van der Waals surface area contributed by atoms with Crippen molar-refractivity contribution in [2.45, 2.75) is 25.0 Å². The lowest BCUT2D eigenvalue weighted by Crippen LogP contribution is -2.50. The quantitative estimate of drug-likeness (QED) is 0.877. The van der Waals surface area contributed by atoms with Crippen LogP contribution in [-0.2, 0) is 4.74 Å². The summed E-state index contributed by atoms with van der Waals surface area (Å²) in [4.78, 5) is 14.4. The summed E-state index contributed by atoms with van der Waals surface area (Å²) in [6.07, 6.45) is 2.32. The van der Waals surface area contributed by atoms with Gasteiger partial charge in [0.05, 0.1) is 18.3 Å². The second-order valence-corrected chi connectivity index (χ2v) is 5.62. The zero-order chi connectivity index (χ0) is 14.8. The van der Waals surface area contributed by atoms with Crippen LogP contribution in [0.1, 0.15) is 23.2 Å². The number of fused-ring (bicyclic) bond motifs is 1. The topological polar surface area (TPSA) is 61.8 Å². The number of phenolic OH excluding ortho intramolecular Hbond substituents is 1. The highest BCUT2D eigenvalue weighted by atomic mass is 19.1. The lowest BCUT2D eigenvalue weighted by molar-refractivity contribution is -0.0461. The number of phenols is 1. The zero-order valence-electron chi connectivity index (χ0n) is 11.7. The largest absolute Gasteiger partial charge is 0.507 e. The van der Waals surface area contributed by atoms with E-state index in [1.54, 1.807) is 0 Å². The SMILES string of the molecule is O=C(NCC1CN2CCCC2CO1)c1cc(F)ccc1O. The Morgan fingerprint density at radius 3 is 3.24 bits per heavy atom. The lowest BCUT2D eigenvalue weighted by atomic mass is 10.1. The van der Waals surface area contributed by atoms with Gasteiger partial charge in [0.15, 0.2) is 0 Å². The predicted molar refractivity (Wildman–Crippen MR) is 74.7 cm³/mol. The van der Waals surface area contributed by atoms with Crippen LogP contribution in [0.2, 0.25) is 0 Å². The van der Waals surface area contributed by atoms with Crippen LogP contribution in [0.4, 0.5) is 4.39 Å². The highest BCUT2D eigenvalue weighted by Crippen LogP contribution is 2.22. The van der Waals surface area contributed by atoms with Crippen LogP contribution in [0.5, 0.6) is 5.75 Å². The van der Waals surface area contributed by atoms with Crippen LogP contribution in [0.15, 0.2) is 18.2 Å². The van der Waals surface area contributed by atoms with Gasteiger partial charge in [0.25, 0.3) is 5.91 Å². The van der Waals surface area contributed by atoms with Crippen molar-refractivity contribution in [3.8, 4) is 5.75 Å². The molecule has 1 aromatic carbocycles. The second kappa shape index (κ2) is 5.99. The van der Waals surface area contributed by atoms with Gasteiger partial charge in [0.2, 0.25) is 0 Å². The molecule has 0 saturated carbocycles. The predicted octanol–water partition coefficient (Wildman–Crippen LogP) is 1.12. The van der Waals surface area contributed by atoms with Gasteiger partial charge in [-0.2, -0.15) is 0 Å². The van der Waals surface area contributed by atoms with Gasteiger partial charge in [0, 0.05) is 19.1 Å². The van der Waals surface area contributed by atoms with Crippen LogP contribution in [0.25, 0.3) is 0 Å². The fraction of sp³-hybridized carbons (Fsp3) is 0.533. The normalized spacial score (nSPS) is 25.6. The maximum atomic E-state index is 13.1. The van der Waals surface area contributed by atoms with Crippen molar-refractivity contribution in [1.29, 1.82) is 0 Å². The first-order valence-corrected chi connectivity index (χ1v) is 7.26. The number of aromatic hydroxyl groups is 1. The highest BCUT2D eigenvalue weighted by molar-refractivity contribution is 5.96. The first-order valence-electron chi connectivity index (χ1n) is 7.26. The van der Waals surface area contributed by atoms with E-state index in [-0.39, 0.29) is 17.4 Å². The lowest BCUT2D eigenvalue weighted by Gasteiger charge is -2.35. The average molecular weight is 294 g/mol. The summed E-state index contributed by atoms with van der Waals surface area (Å²) in [5.41, 5.74) is -0.0511. The van der Waals surface area contributed by atoms with Crippen LogP contribution in [0.3, 0.4) is 0 Å². The standard InChI is InChI=1S/C15H19FN2O3/c16-10-3-4-14(19)13(6-10)15(20)17-7-12-8-18-5-1-2-11(18)9-21-12/h3-4,6,11-12,19H,1-2,5,7-9H2,(H,17,20). The van der Waals surface area contributed by atoms with Crippen LogP contribution in [-0.4, -0.2) is 54.3 Å². The molecular formula is C15H19FN2O3. The maximum Gasteiger partial charge on any atom is 0.255 e. The van der Waals surface area contributed by atoms with Gasteiger partial charge in [-0.15, -0.1) is 0 Å². The summed E-state index contributed by atoms with van der Waals surface area (Å²) in [6.45, 7) is 2.95. The van der Waals surface area contributed by atoms with E-state index in [0.29, 0.717) is 19.2 Å². The summed E-state index contributed by atoms with van der Waals surface area (Å²) in [5.74, 6) is -1.26. The number of hydrogen-bond acceptors (Lipinski definition) is 4. The van der Waals surface area contributed by atoms with Gasteiger partial charge in [-0.05, 0) is 37.6 Å². The summed E-state index contributed by atoms with van der Waals surface area (Å²) >= 11 is 0. The number of halogens is 1. The van der Waals surface area contributed by atoms with Crippen molar-refractivity contribution in [1.82, 2.24) is 10.2 Å². The van der Waals surface area contributed by atoms with Crippen LogP contribution >= 0.6 is 0 Å². The molecule has 0 aromatic heterocycles. The molecule has 2 saturated heterocycles. The monoisotopic (exact) mass is 294 g/mol. The van der Waals surface area contributed by atoms with E-state index in [9.17, 15) is 14.3 Å². The summed E-state index contributed by atoms with van der Waals surface area (Å²) in [5, 5.41) is 12.3. The minimum atomic E-state index is -0.549. The van der Waals surface area contributed by atoms with E-state index in [1.807, 2.05) is 0 Å². The number of benzene rings is 1. The molecule has 0 spiro atoms. The highest BCUT2D eigenvalue weighted by Gasteiger charge is 2.32. The number of carbonyl (C=O) groups excluding carboxylic acids is 1. The summed E-state index contributed by atoms with van der Waals surface area (Å²) in [7, 11) is 0. The Morgan fingerprint density at radius 2 is 2.38 bits per heavy atom. The van der Waals surface area contributed by atoms with Gasteiger partial charge in [-0.1, -0.05) is 0 Å². The Kier molecular flexibility index (Phi) is 4.07. The van der Waals surface area contributed by atoms with E-state index in [2.05, 4.69) is 10.2 Å². The number of nitrogens with one attached hydrogen (secondary N) is 1. The van der Waals surface area contributed by atoms with Crippen molar-refractivity contribution in [2.24, 2.45) is 0 Å². The molecule has 5 nitrogen and oxygen atoms in total. The van der Waals surface area contributed by atoms with Gasteiger partial charge in [0.1, 0.15) is 11.6 Å². The smallest absolute Gasteiger partial charge is 0.255 e. The van der Waals surface area contributed by atoms with E-state index in [0.717, 1.165) is 25.2 Å². The third-order valence-corrected chi connectivity index (χ3v) is 4.16.